The second kappa shape index (κ2) is 13.4. The molecule has 0 aromatic rings. The highest BCUT2D eigenvalue weighted by molar-refractivity contribution is 14.1. The van der Waals surface area contributed by atoms with Crippen molar-refractivity contribution in [3.63, 3.8) is 0 Å². The van der Waals surface area contributed by atoms with Gasteiger partial charge in [0.05, 0.1) is 26.7 Å². The van der Waals surface area contributed by atoms with Crippen molar-refractivity contribution in [2.75, 3.05) is 31.1 Å². The Labute approximate surface area is 172 Å². The molecule has 0 bridgehead atoms. The number of allylic oxidation sites excluding steroid dienone is 1. The van der Waals surface area contributed by atoms with E-state index in [4.69, 9.17) is 0 Å². The lowest BCUT2D eigenvalue weighted by molar-refractivity contribution is -0.917. The van der Waals surface area contributed by atoms with Gasteiger partial charge in [0.25, 0.3) is 0 Å². The van der Waals surface area contributed by atoms with Crippen LogP contribution in [0, 0.1) is 17.8 Å². The minimum Gasteiger partial charge on any atom is -0.326 e. The summed E-state index contributed by atoms with van der Waals surface area (Å²) in [5.41, 5.74) is 0. The van der Waals surface area contributed by atoms with Gasteiger partial charge in [-0.3, -0.25) is 0 Å². The van der Waals surface area contributed by atoms with Crippen LogP contribution in [0.4, 0.5) is 0 Å². The van der Waals surface area contributed by atoms with Crippen LogP contribution in [0.25, 0.3) is 0 Å². The Morgan fingerprint density at radius 3 is 2.52 bits per heavy atom. The van der Waals surface area contributed by atoms with E-state index in [9.17, 15) is 0 Å². The van der Waals surface area contributed by atoms with E-state index in [1.165, 1.54) is 92.8 Å². The highest BCUT2D eigenvalue weighted by atomic mass is 127. The molecule has 146 valence electrons. The van der Waals surface area contributed by atoms with Gasteiger partial charge >= 0.3 is 0 Å². The zero-order valence-electron chi connectivity index (χ0n) is 17.0. The van der Waals surface area contributed by atoms with Crippen LogP contribution in [-0.4, -0.2) is 35.6 Å². The third-order valence-corrected chi connectivity index (χ3v) is 7.60. The summed E-state index contributed by atoms with van der Waals surface area (Å²) in [6, 6.07) is 0. The minimum atomic E-state index is 0.739. The van der Waals surface area contributed by atoms with Crippen LogP contribution in [0.2, 0.25) is 0 Å². The maximum Gasteiger partial charge on any atom is 0.0848 e. The van der Waals surface area contributed by atoms with Gasteiger partial charge in [-0.25, -0.2) is 0 Å². The van der Waals surface area contributed by atoms with Gasteiger partial charge in [0, 0.05) is 10.3 Å². The van der Waals surface area contributed by atoms with Crippen LogP contribution in [0.5, 0.6) is 0 Å². The normalized spacial score (nSPS) is 26.1. The molecule has 0 aromatic heterocycles. The first-order valence-electron chi connectivity index (χ1n) is 10.7. The first-order chi connectivity index (χ1) is 12.1. The molecule has 0 aliphatic carbocycles. The summed E-state index contributed by atoms with van der Waals surface area (Å²) in [6.45, 7) is 14.3. The van der Waals surface area contributed by atoms with Crippen LogP contribution in [0.3, 0.4) is 0 Å². The first kappa shape index (κ1) is 23.2. The SMILES string of the molecule is C=CC(CC)CCCC(CI)CCCCC[N+]1(C)CCCC(C=C)C1. The molecule has 1 rings (SSSR count). The second-order valence-electron chi connectivity index (χ2n) is 8.59. The van der Waals surface area contributed by atoms with Crippen molar-refractivity contribution in [2.24, 2.45) is 17.8 Å². The summed E-state index contributed by atoms with van der Waals surface area (Å²) in [5.74, 6) is 2.43. The molecule has 2 heteroatoms. The highest BCUT2D eigenvalue weighted by Crippen LogP contribution is 2.25. The molecule has 0 saturated carbocycles. The zero-order chi connectivity index (χ0) is 18.5. The molecule has 4 atom stereocenters. The topological polar surface area (TPSA) is 0 Å². The Balaban J connectivity index is 2.14. The van der Waals surface area contributed by atoms with Gasteiger partial charge in [-0.05, 0) is 63.2 Å². The number of hydrogen-bond acceptors (Lipinski definition) is 0. The van der Waals surface area contributed by atoms with E-state index in [1.54, 1.807) is 0 Å². The van der Waals surface area contributed by atoms with E-state index in [0.29, 0.717) is 0 Å². The van der Waals surface area contributed by atoms with Gasteiger partial charge in [0.15, 0.2) is 0 Å². The standard InChI is InChI=1S/C23H43IN/c1-5-21(6-2)14-11-15-23(19-24)13-9-8-10-17-25(4)18-12-16-22(7-3)20-25/h5,7,21-23H,1,3,6,8-20H2,2,4H3/q+1. The molecule has 4 unspecified atom stereocenters. The summed E-state index contributed by atoms with van der Waals surface area (Å²) in [5, 5.41) is 0. The molecule has 0 aromatic carbocycles. The van der Waals surface area contributed by atoms with Crippen LogP contribution in [0.15, 0.2) is 25.3 Å². The summed E-state index contributed by atoms with van der Waals surface area (Å²) < 4.78 is 2.61. The lowest BCUT2D eigenvalue weighted by Gasteiger charge is -2.40. The molecule has 0 N–H and O–H groups in total. The number of nitrogens with zero attached hydrogens (tertiary/aromatic N) is 1. The number of rotatable bonds is 14. The van der Waals surface area contributed by atoms with Gasteiger partial charge in [-0.15, -0.1) is 13.2 Å². The Kier molecular flexibility index (Phi) is 12.4. The Morgan fingerprint density at radius 1 is 1.12 bits per heavy atom. The molecule has 0 amide bonds. The fraction of sp³-hybridized carbons (Fsp3) is 0.826. The van der Waals surface area contributed by atoms with Gasteiger partial charge in [-0.2, -0.15) is 0 Å². The van der Waals surface area contributed by atoms with E-state index < -0.39 is 0 Å². The molecule has 1 fully saturated rings. The molecule has 1 aliphatic heterocycles. The van der Waals surface area contributed by atoms with Gasteiger partial charge in [0.2, 0.25) is 0 Å². The van der Waals surface area contributed by atoms with Crippen molar-refractivity contribution >= 4 is 22.6 Å². The van der Waals surface area contributed by atoms with Crippen LogP contribution < -0.4 is 0 Å². The van der Waals surface area contributed by atoms with E-state index >= 15 is 0 Å². The number of alkyl halides is 1. The zero-order valence-corrected chi connectivity index (χ0v) is 19.2. The van der Waals surface area contributed by atoms with Crippen molar-refractivity contribution in [1.29, 1.82) is 0 Å². The van der Waals surface area contributed by atoms with Crippen molar-refractivity contribution in [2.45, 2.75) is 71.1 Å². The fourth-order valence-electron chi connectivity index (χ4n) is 4.44. The third kappa shape index (κ3) is 9.60. The quantitative estimate of drug-likeness (QED) is 0.0859. The Morgan fingerprint density at radius 2 is 1.88 bits per heavy atom. The Bertz CT molecular complexity index is 367. The average molecular weight is 461 g/mol. The monoisotopic (exact) mass is 460 g/mol. The van der Waals surface area contributed by atoms with Crippen molar-refractivity contribution < 1.29 is 4.48 Å². The number of hydrogen-bond donors (Lipinski definition) is 0. The van der Waals surface area contributed by atoms with E-state index in [-0.39, 0.29) is 0 Å². The summed E-state index contributed by atoms with van der Waals surface area (Å²) in [7, 11) is 2.47. The van der Waals surface area contributed by atoms with Crippen LogP contribution >= 0.6 is 22.6 Å². The smallest absolute Gasteiger partial charge is 0.0848 e. The molecule has 1 aliphatic rings. The summed E-state index contributed by atoms with van der Waals surface area (Å²) in [4.78, 5) is 0. The number of piperidine rings is 1. The molecule has 0 radical (unpaired) electrons. The van der Waals surface area contributed by atoms with Crippen molar-refractivity contribution in [3.05, 3.63) is 25.3 Å². The highest BCUT2D eigenvalue weighted by Gasteiger charge is 2.29. The average Bonchev–Trinajstić information content (AvgIpc) is 2.63. The lowest BCUT2D eigenvalue weighted by Crippen LogP contribution is -2.51. The molecular weight excluding hydrogens is 417 g/mol. The maximum absolute atomic E-state index is 4.02. The van der Waals surface area contributed by atoms with Gasteiger partial charge < -0.3 is 4.48 Å². The second-order valence-corrected chi connectivity index (χ2v) is 9.47. The van der Waals surface area contributed by atoms with E-state index in [2.05, 4.69) is 61.9 Å². The minimum absolute atomic E-state index is 0.739. The molecule has 1 heterocycles. The van der Waals surface area contributed by atoms with E-state index in [1.807, 2.05) is 0 Å². The van der Waals surface area contributed by atoms with Gasteiger partial charge in [0.1, 0.15) is 0 Å². The largest absolute Gasteiger partial charge is 0.326 e. The predicted molar refractivity (Wildman–Crippen MR) is 122 cm³/mol. The fourth-order valence-corrected chi connectivity index (χ4v) is 5.32. The first-order valence-corrected chi connectivity index (χ1v) is 12.2. The van der Waals surface area contributed by atoms with Crippen molar-refractivity contribution in [1.82, 2.24) is 0 Å². The summed E-state index contributed by atoms with van der Waals surface area (Å²) >= 11 is 2.60. The molecule has 1 nitrogen and oxygen atoms in total. The number of quaternary nitrogens is 1. The third-order valence-electron chi connectivity index (χ3n) is 6.36. The molecular formula is C23H43IN+. The molecule has 0 spiro atoms. The molecule has 25 heavy (non-hydrogen) atoms. The number of halogens is 1. The number of unbranched alkanes of at least 4 members (excludes halogenated alkanes) is 2. The lowest BCUT2D eigenvalue weighted by atomic mass is 9.93. The molecule has 1 saturated heterocycles. The van der Waals surface area contributed by atoms with Gasteiger partial charge in [-0.1, -0.05) is 54.5 Å². The van der Waals surface area contributed by atoms with E-state index in [0.717, 1.165) is 17.8 Å². The summed E-state index contributed by atoms with van der Waals surface area (Å²) in [6.07, 6.45) is 18.2. The Hall–Kier alpha value is 0.170. The number of likely N-dealkylation sites (tertiary alicyclic amines) is 1. The van der Waals surface area contributed by atoms with Crippen LogP contribution in [0.1, 0.15) is 71.1 Å². The maximum atomic E-state index is 4.02. The van der Waals surface area contributed by atoms with Crippen LogP contribution in [-0.2, 0) is 0 Å². The predicted octanol–water partition coefficient (Wildman–Crippen LogP) is 7.02. The van der Waals surface area contributed by atoms with Crippen molar-refractivity contribution in [3.8, 4) is 0 Å².